The number of rotatable bonds is 10. The van der Waals surface area contributed by atoms with Crippen molar-refractivity contribution in [3.8, 4) is 0 Å². The van der Waals surface area contributed by atoms with Crippen molar-refractivity contribution >= 4 is 10.0 Å². The molecule has 0 saturated heterocycles. The minimum atomic E-state index is -3.54. The molecule has 0 radical (unpaired) electrons. The summed E-state index contributed by atoms with van der Waals surface area (Å²) in [7, 11) is -3.54. The van der Waals surface area contributed by atoms with Crippen molar-refractivity contribution in [1.29, 1.82) is 0 Å². The minimum Gasteiger partial charge on any atom is -0.313 e. The van der Waals surface area contributed by atoms with Gasteiger partial charge < -0.3 is 5.32 Å². The summed E-state index contributed by atoms with van der Waals surface area (Å²) in [5.74, 6) is 0. The van der Waals surface area contributed by atoms with Crippen LogP contribution in [0.3, 0.4) is 0 Å². The third-order valence-electron chi connectivity index (χ3n) is 3.00. The number of nitrogens with zero attached hydrogens (tertiary/aromatic N) is 1. The van der Waals surface area contributed by atoms with Crippen LogP contribution in [0.15, 0.2) is 54.5 Å². The first-order chi connectivity index (χ1) is 10.1. The molecule has 0 spiro atoms. The van der Waals surface area contributed by atoms with Crippen molar-refractivity contribution in [3.05, 3.63) is 55.1 Å². The summed E-state index contributed by atoms with van der Waals surface area (Å²) >= 11 is 0. The number of benzene rings is 1. The van der Waals surface area contributed by atoms with Crippen LogP contribution < -0.4 is 5.32 Å². The molecule has 0 amide bonds. The van der Waals surface area contributed by atoms with Crippen molar-refractivity contribution in [2.45, 2.75) is 24.8 Å². The van der Waals surface area contributed by atoms with Crippen LogP contribution in [0.1, 0.15) is 18.9 Å². The van der Waals surface area contributed by atoms with E-state index < -0.39 is 10.0 Å². The monoisotopic (exact) mass is 308 g/mol. The molecule has 0 heterocycles. The van der Waals surface area contributed by atoms with Gasteiger partial charge in [0.05, 0.1) is 4.90 Å². The molecule has 1 rings (SSSR count). The van der Waals surface area contributed by atoms with E-state index in [1.54, 1.807) is 24.3 Å². The van der Waals surface area contributed by atoms with E-state index in [2.05, 4.69) is 25.4 Å². The molecular formula is C16H24N2O2S. The van der Waals surface area contributed by atoms with E-state index in [-0.39, 0.29) is 13.1 Å². The highest BCUT2D eigenvalue weighted by atomic mass is 32.2. The highest BCUT2D eigenvalue weighted by Crippen LogP contribution is 2.20. The van der Waals surface area contributed by atoms with Gasteiger partial charge in [0.2, 0.25) is 10.0 Å². The lowest BCUT2D eigenvalue weighted by atomic mass is 10.2. The fraction of sp³-hybridized carbons (Fsp3) is 0.375. The Bertz CT molecular complexity index is 557. The second kappa shape index (κ2) is 8.77. The Morgan fingerprint density at radius 2 is 1.81 bits per heavy atom. The van der Waals surface area contributed by atoms with Gasteiger partial charge in [-0.3, -0.25) is 0 Å². The van der Waals surface area contributed by atoms with Crippen molar-refractivity contribution in [2.75, 3.05) is 19.6 Å². The van der Waals surface area contributed by atoms with Crippen LogP contribution in [-0.4, -0.2) is 32.4 Å². The van der Waals surface area contributed by atoms with Crippen LogP contribution >= 0.6 is 0 Å². The Kier molecular flexibility index (Phi) is 7.36. The quantitative estimate of drug-likeness (QED) is 0.534. The Morgan fingerprint density at radius 3 is 2.38 bits per heavy atom. The van der Waals surface area contributed by atoms with E-state index in [4.69, 9.17) is 0 Å². The molecule has 0 atom stereocenters. The molecule has 0 aliphatic carbocycles. The van der Waals surface area contributed by atoms with Gasteiger partial charge in [0.25, 0.3) is 0 Å². The lowest BCUT2D eigenvalue weighted by Crippen LogP contribution is -2.32. The zero-order chi connectivity index (χ0) is 15.7. The van der Waals surface area contributed by atoms with E-state index in [9.17, 15) is 8.42 Å². The van der Waals surface area contributed by atoms with Crippen LogP contribution in [0.25, 0.3) is 0 Å². The van der Waals surface area contributed by atoms with Crippen LogP contribution in [0.5, 0.6) is 0 Å². The molecule has 0 aliphatic heterocycles. The molecule has 5 heteroatoms. The first-order valence-electron chi connectivity index (χ1n) is 7.08. The predicted molar refractivity (Wildman–Crippen MR) is 87.6 cm³/mol. The van der Waals surface area contributed by atoms with Crippen LogP contribution in [0, 0.1) is 0 Å². The summed E-state index contributed by atoms with van der Waals surface area (Å²) < 4.78 is 26.9. The highest BCUT2D eigenvalue weighted by molar-refractivity contribution is 7.89. The smallest absolute Gasteiger partial charge is 0.243 e. The van der Waals surface area contributed by atoms with Gasteiger partial charge in [0.1, 0.15) is 0 Å². The molecule has 4 nitrogen and oxygen atoms in total. The van der Waals surface area contributed by atoms with Crippen LogP contribution in [0.2, 0.25) is 0 Å². The van der Waals surface area contributed by atoms with Gasteiger partial charge in [0.15, 0.2) is 0 Å². The molecular weight excluding hydrogens is 284 g/mol. The molecule has 0 aliphatic rings. The molecule has 1 N–H and O–H groups in total. The third-order valence-corrected chi connectivity index (χ3v) is 4.93. The maximum Gasteiger partial charge on any atom is 0.243 e. The normalized spacial score (nSPS) is 11.5. The first kappa shape index (κ1) is 17.6. The van der Waals surface area contributed by atoms with Gasteiger partial charge in [-0.25, -0.2) is 8.42 Å². The number of hydrogen-bond donors (Lipinski definition) is 1. The number of nitrogens with one attached hydrogen (secondary N) is 1. The van der Waals surface area contributed by atoms with Crippen molar-refractivity contribution < 1.29 is 8.42 Å². The summed E-state index contributed by atoms with van der Waals surface area (Å²) in [5, 5.41) is 3.24. The standard InChI is InChI=1S/C16H24N2O2S/c1-4-11-17-14-15-9-7-8-10-16(15)21(19,20)18(12-5-2)13-6-3/h5-10,17H,2-4,11-14H2,1H3. The Labute approximate surface area is 128 Å². The lowest BCUT2D eigenvalue weighted by molar-refractivity contribution is 0.473. The summed E-state index contributed by atoms with van der Waals surface area (Å²) in [5.41, 5.74) is 0.782. The van der Waals surface area contributed by atoms with Gasteiger partial charge in [-0.2, -0.15) is 4.31 Å². The van der Waals surface area contributed by atoms with E-state index in [1.165, 1.54) is 4.31 Å². The SMILES string of the molecule is C=CCN(CC=C)S(=O)(=O)c1ccccc1CNCCC. The first-order valence-corrected chi connectivity index (χ1v) is 8.52. The molecule has 0 unspecified atom stereocenters. The number of sulfonamides is 1. The second-order valence-electron chi connectivity index (χ2n) is 4.68. The van der Waals surface area contributed by atoms with E-state index in [0.29, 0.717) is 11.4 Å². The van der Waals surface area contributed by atoms with Crippen molar-refractivity contribution in [3.63, 3.8) is 0 Å². The average Bonchev–Trinajstić information content (AvgIpc) is 2.47. The molecule has 1 aromatic carbocycles. The van der Waals surface area contributed by atoms with Gasteiger partial charge in [-0.1, -0.05) is 37.3 Å². The molecule has 0 bridgehead atoms. The summed E-state index contributed by atoms with van der Waals surface area (Å²) in [4.78, 5) is 0.345. The van der Waals surface area contributed by atoms with Crippen LogP contribution in [0.4, 0.5) is 0 Å². The molecule has 116 valence electrons. The lowest BCUT2D eigenvalue weighted by Gasteiger charge is -2.21. The zero-order valence-electron chi connectivity index (χ0n) is 12.6. The maximum atomic E-state index is 12.8. The summed E-state index contributed by atoms with van der Waals surface area (Å²) in [6, 6.07) is 7.09. The van der Waals surface area contributed by atoms with Gasteiger partial charge in [-0.15, -0.1) is 13.2 Å². The van der Waals surface area contributed by atoms with E-state index >= 15 is 0 Å². The van der Waals surface area contributed by atoms with Crippen molar-refractivity contribution in [2.24, 2.45) is 0 Å². The molecule has 0 saturated carbocycles. The molecule has 0 aromatic heterocycles. The fourth-order valence-electron chi connectivity index (χ4n) is 2.00. The topological polar surface area (TPSA) is 49.4 Å². The zero-order valence-corrected chi connectivity index (χ0v) is 13.4. The highest BCUT2D eigenvalue weighted by Gasteiger charge is 2.24. The molecule has 21 heavy (non-hydrogen) atoms. The number of hydrogen-bond acceptors (Lipinski definition) is 3. The van der Waals surface area contributed by atoms with E-state index in [1.807, 2.05) is 12.1 Å². The van der Waals surface area contributed by atoms with Gasteiger partial charge in [0, 0.05) is 19.6 Å². The Balaban J connectivity index is 3.11. The van der Waals surface area contributed by atoms with Gasteiger partial charge in [-0.05, 0) is 24.6 Å². The van der Waals surface area contributed by atoms with Crippen LogP contribution in [-0.2, 0) is 16.6 Å². The van der Waals surface area contributed by atoms with Gasteiger partial charge >= 0.3 is 0 Å². The minimum absolute atomic E-state index is 0.269. The Hall–Kier alpha value is -1.43. The molecule has 0 fully saturated rings. The third kappa shape index (κ3) is 4.81. The Morgan fingerprint density at radius 1 is 1.19 bits per heavy atom. The van der Waals surface area contributed by atoms with Crippen molar-refractivity contribution in [1.82, 2.24) is 9.62 Å². The average molecular weight is 308 g/mol. The van der Waals surface area contributed by atoms with E-state index in [0.717, 1.165) is 18.5 Å². The molecule has 1 aromatic rings. The predicted octanol–water partition coefficient (Wildman–Crippen LogP) is 2.55. The summed E-state index contributed by atoms with van der Waals surface area (Å²) in [6.07, 6.45) is 4.17. The maximum absolute atomic E-state index is 12.8. The summed E-state index contributed by atoms with van der Waals surface area (Å²) in [6.45, 7) is 11.3. The fourth-order valence-corrected chi connectivity index (χ4v) is 3.60. The second-order valence-corrected chi connectivity index (χ2v) is 6.59. The largest absolute Gasteiger partial charge is 0.313 e.